The minimum Gasteiger partial charge on any atom is -0.300 e. The van der Waals surface area contributed by atoms with Gasteiger partial charge in [0.2, 0.25) is 0 Å². The molecule has 80 valence electrons. The third-order valence-electron chi connectivity index (χ3n) is 2.04. The van der Waals surface area contributed by atoms with Crippen LogP contribution in [0.25, 0.3) is 0 Å². The molecule has 0 aliphatic carbocycles. The summed E-state index contributed by atoms with van der Waals surface area (Å²) < 4.78 is 13.4. The minimum absolute atomic E-state index is 0.151. The number of terminal acetylenes is 1. The van der Waals surface area contributed by atoms with Gasteiger partial charge in [0.05, 0.1) is 10.5 Å². The molecule has 1 unspecified atom stereocenters. The van der Waals surface area contributed by atoms with E-state index < -0.39 is 0 Å². The quantitative estimate of drug-likeness (QED) is 0.828. The second-order valence-corrected chi connectivity index (χ2v) is 4.08. The second kappa shape index (κ2) is 5.89. The summed E-state index contributed by atoms with van der Waals surface area (Å²) in [5.74, 6) is 2.37. The van der Waals surface area contributed by atoms with E-state index in [1.54, 1.807) is 12.1 Å². The Balaban J connectivity index is 2.84. The maximum Gasteiger partial charge on any atom is 0.137 e. The molecule has 0 saturated heterocycles. The Bertz CT molecular complexity index is 370. The monoisotopic (exact) mass is 269 g/mol. The Hall–Kier alpha value is -0.850. The smallest absolute Gasteiger partial charge is 0.137 e. The average molecular weight is 270 g/mol. The molecule has 0 aromatic heterocycles. The van der Waals surface area contributed by atoms with Crippen molar-refractivity contribution in [2.45, 2.75) is 19.4 Å². The summed E-state index contributed by atoms with van der Waals surface area (Å²) >= 11 is 3.14. The lowest BCUT2D eigenvalue weighted by Gasteiger charge is -2.13. The van der Waals surface area contributed by atoms with Gasteiger partial charge in [0.25, 0.3) is 0 Å². The van der Waals surface area contributed by atoms with E-state index in [2.05, 4.69) is 34.1 Å². The molecule has 0 aliphatic heterocycles. The molecule has 0 heterocycles. The van der Waals surface area contributed by atoms with Crippen molar-refractivity contribution in [2.24, 2.45) is 0 Å². The van der Waals surface area contributed by atoms with Crippen LogP contribution in [0.15, 0.2) is 22.7 Å². The van der Waals surface area contributed by atoms with Gasteiger partial charge in [0, 0.05) is 0 Å². The zero-order chi connectivity index (χ0) is 11.3. The first kappa shape index (κ1) is 12.2. The summed E-state index contributed by atoms with van der Waals surface area (Å²) in [7, 11) is 0. The summed E-state index contributed by atoms with van der Waals surface area (Å²) in [6.07, 6.45) is 6.43. The average Bonchev–Trinajstić information content (AvgIpc) is 2.24. The fraction of sp³-hybridized carbons (Fsp3) is 0.333. The number of halogens is 2. The fourth-order valence-corrected chi connectivity index (χ4v) is 1.65. The number of hydrogen-bond acceptors (Lipinski definition) is 1. The topological polar surface area (TPSA) is 12.0 Å². The van der Waals surface area contributed by atoms with Crippen molar-refractivity contribution in [2.75, 3.05) is 6.54 Å². The Labute approximate surface area is 98.2 Å². The van der Waals surface area contributed by atoms with Crippen molar-refractivity contribution in [3.63, 3.8) is 0 Å². The van der Waals surface area contributed by atoms with Gasteiger partial charge in [-0.15, -0.1) is 6.42 Å². The summed E-state index contributed by atoms with van der Waals surface area (Å²) in [5.41, 5.74) is 0.902. The molecule has 0 fully saturated rings. The molecule has 1 N–H and O–H groups in total. The highest BCUT2D eigenvalue weighted by molar-refractivity contribution is 9.10. The largest absolute Gasteiger partial charge is 0.300 e. The molecule has 0 bridgehead atoms. The van der Waals surface area contributed by atoms with Crippen LogP contribution in [0.4, 0.5) is 4.39 Å². The Morgan fingerprint density at radius 1 is 1.60 bits per heavy atom. The molecule has 3 heteroatoms. The van der Waals surface area contributed by atoms with Gasteiger partial charge >= 0.3 is 0 Å². The predicted octanol–water partition coefficient (Wildman–Crippen LogP) is 3.26. The zero-order valence-corrected chi connectivity index (χ0v) is 10.1. The number of rotatable bonds is 4. The molecule has 0 amide bonds. The molecule has 0 spiro atoms. The first-order valence-corrected chi connectivity index (χ1v) is 5.62. The van der Waals surface area contributed by atoms with E-state index in [0.717, 1.165) is 18.5 Å². The van der Waals surface area contributed by atoms with Crippen LogP contribution in [0.3, 0.4) is 0 Å². The van der Waals surface area contributed by atoms with Crippen LogP contribution >= 0.6 is 15.9 Å². The summed E-state index contributed by atoms with van der Waals surface area (Å²) in [6, 6.07) is 4.68. The van der Waals surface area contributed by atoms with Crippen LogP contribution in [-0.4, -0.2) is 6.54 Å². The molecule has 15 heavy (non-hydrogen) atoms. The number of benzene rings is 1. The highest BCUT2D eigenvalue weighted by atomic mass is 79.9. The van der Waals surface area contributed by atoms with Gasteiger partial charge in [-0.3, -0.25) is 0 Å². The van der Waals surface area contributed by atoms with E-state index in [-0.39, 0.29) is 11.9 Å². The SMILES string of the molecule is C#CC(NCCC)c1ccc(F)c(Br)c1. The van der Waals surface area contributed by atoms with Gasteiger partial charge in [-0.2, -0.15) is 0 Å². The Kier molecular flexibility index (Phi) is 4.80. The van der Waals surface area contributed by atoms with Gasteiger partial charge in [-0.25, -0.2) is 4.39 Å². The summed E-state index contributed by atoms with van der Waals surface area (Å²) in [4.78, 5) is 0. The molecule has 1 aromatic carbocycles. The maximum atomic E-state index is 13.0. The number of hydrogen-bond donors (Lipinski definition) is 1. The van der Waals surface area contributed by atoms with Crippen molar-refractivity contribution in [1.82, 2.24) is 5.32 Å². The van der Waals surface area contributed by atoms with Crippen LogP contribution in [0.5, 0.6) is 0 Å². The molecule has 1 nitrogen and oxygen atoms in total. The van der Waals surface area contributed by atoms with Crippen molar-refractivity contribution in [1.29, 1.82) is 0 Å². The highest BCUT2D eigenvalue weighted by Gasteiger charge is 2.08. The lowest BCUT2D eigenvalue weighted by Crippen LogP contribution is -2.20. The van der Waals surface area contributed by atoms with Crippen LogP contribution in [0, 0.1) is 18.2 Å². The molecule has 0 radical (unpaired) electrons. The first-order valence-electron chi connectivity index (χ1n) is 4.83. The standard InChI is InChI=1S/C12H13BrFN/c1-3-7-15-12(4-2)9-5-6-11(14)10(13)8-9/h2,5-6,8,12,15H,3,7H2,1H3. The molecule has 1 aromatic rings. The van der Waals surface area contributed by atoms with E-state index in [4.69, 9.17) is 6.42 Å². The van der Waals surface area contributed by atoms with Crippen molar-refractivity contribution >= 4 is 15.9 Å². The molecule has 0 aliphatic rings. The normalized spacial score (nSPS) is 12.1. The van der Waals surface area contributed by atoms with Crippen molar-refractivity contribution in [3.8, 4) is 12.3 Å². The summed E-state index contributed by atoms with van der Waals surface area (Å²) in [6.45, 7) is 2.92. The van der Waals surface area contributed by atoms with Gasteiger partial charge in [-0.1, -0.05) is 18.9 Å². The zero-order valence-electron chi connectivity index (χ0n) is 8.56. The van der Waals surface area contributed by atoms with Gasteiger partial charge in [0.1, 0.15) is 5.82 Å². The van der Waals surface area contributed by atoms with E-state index >= 15 is 0 Å². The van der Waals surface area contributed by atoms with Gasteiger partial charge in [-0.05, 0) is 46.6 Å². The Morgan fingerprint density at radius 3 is 2.87 bits per heavy atom. The van der Waals surface area contributed by atoms with E-state index in [9.17, 15) is 4.39 Å². The first-order chi connectivity index (χ1) is 7.19. The third-order valence-corrected chi connectivity index (χ3v) is 2.65. The van der Waals surface area contributed by atoms with E-state index in [1.807, 2.05) is 0 Å². The van der Waals surface area contributed by atoms with Crippen LogP contribution in [0.2, 0.25) is 0 Å². The van der Waals surface area contributed by atoms with E-state index in [0.29, 0.717) is 4.47 Å². The molecule has 1 atom stereocenters. The third kappa shape index (κ3) is 3.33. The van der Waals surface area contributed by atoms with Crippen molar-refractivity contribution < 1.29 is 4.39 Å². The van der Waals surface area contributed by atoms with Gasteiger partial charge in [0.15, 0.2) is 0 Å². The van der Waals surface area contributed by atoms with Crippen LogP contribution < -0.4 is 5.32 Å². The lowest BCUT2D eigenvalue weighted by atomic mass is 10.1. The lowest BCUT2D eigenvalue weighted by molar-refractivity contribution is 0.608. The highest BCUT2D eigenvalue weighted by Crippen LogP contribution is 2.21. The maximum absolute atomic E-state index is 13.0. The molecular formula is C12H13BrFN. The minimum atomic E-state index is -0.273. The van der Waals surface area contributed by atoms with E-state index in [1.165, 1.54) is 6.07 Å². The second-order valence-electron chi connectivity index (χ2n) is 3.23. The molecule has 1 rings (SSSR count). The summed E-state index contributed by atoms with van der Waals surface area (Å²) in [5, 5.41) is 3.20. The molecular weight excluding hydrogens is 257 g/mol. The van der Waals surface area contributed by atoms with Crippen LogP contribution in [0.1, 0.15) is 24.9 Å². The predicted molar refractivity (Wildman–Crippen MR) is 64.0 cm³/mol. The van der Waals surface area contributed by atoms with Gasteiger partial charge < -0.3 is 5.32 Å². The Morgan fingerprint density at radius 2 is 2.33 bits per heavy atom. The van der Waals surface area contributed by atoms with Crippen molar-refractivity contribution in [3.05, 3.63) is 34.1 Å². The molecule has 0 saturated carbocycles. The fourth-order valence-electron chi connectivity index (χ4n) is 1.25. The van der Waals surface area contributed by atoms with Crippen LogP contribution in [-0.2, 0) is 0 Å². The number of nitrogens with one attached hydrogen (secondary N) is 1.